The van der Waals surface area contributed by atoms with Crippen molar-refractivity contribution in [3.05, 3.63) is 12.7 Å². The van der Waals surface area contributed by atoms with Crippen molar-refractivity contribution < 1.29 is 0 Å². The van der Waals surface area contributed by atoms with Gasteiger partial charge in [-0.2, -0.15) is 5.26 Å². The molecule has 0 aromatic heterocycles. The highest BCUT2D eigenvalue weighted by molar-refractivity contribution is 5.01. The average Bonchev–Trinajstić information content (AvgIpc) is 2.28. The second-order valence-electron chi connectivity index (χ2n) is 6.65. The molecule has 1 unspecified atom stereocenters. The van der Waals surface area contributed by atoms with E-state index in [1.807, 2.05) is 6.08 Å². The molecule has 4 aliphatic carbocycles. The van der Waals surface area contributed by atoms with Gasteiger partial charge in [-0.05, 0) is 74.0 Å². The summed E-state index contributed by atoms with van der Waals surface area (Å²) >= 11 is 0. The number of allylic oxidation sites excluding steroid dienone is 1. The van der Waals surface area contributed by atoms with Crippen molar-refractivity contribution in [2.75, 3.05) is 0 Å². The van der Waals surface area contributed by atoms with Crippen molar-refractivity contribution in [1.82, 2.24) is 0 Å². The standard InChI is InChI=1S/C16H23N/c1-2-3-13(4-5-17)16-14-7-11-6-12(9-14)10-15(16)8-11/h2,11-16H,1,3-4,6-10H2. The zero-order chi connectivity index (χ0) is 11.8. The van der Waals surface area contributed by atoms with Crippen LogP contribution in [0.2, 0.25) is 0 Å². The minimum Gasteiger partial charge on any atom is -0.198 e. The quantitative estimate of drug-likeness (QED) is 0.664. The molecule has 0 N–H and O–H groups in total. The van der Waals surface area contributed by atoms with Crippen LogP contribution in [0, 0.1) is 46.8 Å². The number of rotatable bonds is 4. The molecule has 4 saturated carbocycles. The van der Waals surface area contributed by atoms with E-state index in [2.05, 4.69) is 12.6 Å². The van der Waals surface area contributed by atoms with E-state index >= 15 is 0 Å². The molecule has 0 aliphatic heterocycles. The fourth-order valence-electron chi connectivity index (χ4n) is 5.44. The first-order valence-electron chi connectivity index (χ1n) is 7.29. The normalized spacial score (nSPS) is 44.3. The molecule has 1 heteroatoms. The second kappa shape index (κ2) is 4.48. The van der Waals surface area contributed by atoms with E-state index in [4.69, 9.17) is 5.26 Å². The molecule has 0 aromatic rings. The summed E-state index contributed by atoms with van der Waals surface area (Å²) in [5, 5.41) is 9.03. The molecule has 0 saturated heterocycles. The Morgan fingerprint density at radius 3 is 2.18 bits per heavy atom. The molecule has 4 rings (SSSR count). The van der Waals surface area contributed by atoms with Gasteiger partial charge < -0.3 is 0 Å². The maximum absolute atomic E-state index is 9.03. The molecule has 1 atom stereocenters. The van der Waals surface area contributed by atoms with Crippen molar-refractivity contribution >= 4 is 0 Å². The zero-order valence-electron chi connectivity index (χ0n) is 10.6. The fourth-order valence-corrected chi connectivity index (χ4v) is 5.44. The molecule has 0 heterocycles. The maximum atomic E-state index is 9.03. The Morgan fingerprint density at radius 1 is 1.12 bits per heavy atom. The van der Waals surface area contributed by atoms with Gasteiger partial charge in [-0.25, -0.2) is 0 Å². The van der Waals surface area contributed by atoms with E-state index in [1.54, 1.807) is 0 Å². The van der Waals surface area contributed by atoms with Crippen molar-refractivity contribution in [1.29, 1.82) is 5.26 Å². The van der Waals surface area contributed by atoms with E-state index in [-0.39, 0.29) is 0 Å². The van der Waals surface area contributed by atoms with Crippen molar-refractivity contribution in [3.63, 3.8) is 0 Å². The summed E-state index contributed by atoms with van der Waals surface area (Å²) in [4.78, 5) is 0. The third kappa shape index (κ3) is 1.92. The van der Waals surface area contributed by atoms with Crippen LogP contribution in [0.1, 0.15) is 44.9 Å². The molecule has 1 nitrogen and oxygen atoms in total. The van der Waals surface area contributed by atoms with Gasteiger partial charge in [0, 0.05) is 6.42 Å². The van der Waals surface area contributed by atoms with Crippen LogP contribution in [-0.2, 0) is 0 Å². The van der Waals surface area contributed by atoms with Gasteiger partial charge in [0.05, 0.1) is 6.07 Å². The summed E-state index contributed by atoms with van der Waals surface area (Å²) in [6.07, 6.45) is 11.2. The SMILES string of the molecule is C=CCC(CC#N)C1C2CC3CC(C2)CC1C3. The first-order chi connectivity index (χ1) is 8.31. The van der Waals surface area contributed by atoms with E-state index in [0.717, 1.165) is 42.4 Å². The van der Waals surface area contributed by atoms with Gasteiger partial charge in [-0.3, -0.25) is 0 Å². The van der Waals surface area contributed by atoms with Crippen LogP contribution in [0.5, 0.6) is 0 Å². The third-order valence-corrected chi connectivity index (χ3v) is 5.67. The molecule has 4 fully saturated rings. The second-order valence-corrected chi connectivity index (χ2v) is 6.65. The highest BCUT2D eigenvalue weighted by Crippen LogP contribution is 2.59. The van der Waals surface area contributed by atoms with Gasteiger partial charge in [0.15, 0.2) is 0 Å². The fraction of sp³-hybridized carbons (Fsp3) is 0.812. The lowest BCUT2D eigenvalue weighted by Crippen LogP contribution is -2.47. The van der Waals surface area contributed by atoms with E-state index in [1.165, 1.54) is 32.1 Å². The van der Waals surface area contributed by atoms with Crippen LogP contribution >= 0.6 is 0 Å². The number of nitriles is 1. The summed E-state index contributed by atoms with van der Waals surface area (Å²) in [5.41, 5.74) is 0. The van der Waals surface area contributed by atoms with E-state index < -0.39 is 0 Å². The molecule has 0 radical (unpaired) electrons. The minimum absolute atomic E-state index is 0.604. The molecular formula is C16H23N. The largest absolute Gasteiger partial charge is 0.198 e. The Morgan fingerprint density at radius 2 is 1.71 bits per heavy atom. The summed E-state index contributed by atoms with van der Waals surface area (Å²) in [7, 11) is 0. The Kier molecular flexibility index (Phi) is 2.99. The summed E-state index contributed by atoms with van der Waals surface area (Å²) < 4.78 is 0. The predicted molar refractivity (Wildman–Crippen MR) is 69.1 cm³/mol. The van der Waals surface area contributed by atoms with Crippen LogP contribution in [0.15, 0.2) is 12.7 Å². The van der Waals surface area contributed by atoms with E-state index in [0.29, 0.717) is 5.92 Å². The first-order valence-corrected chi connectivity index (χ1v) is 7.29. The van der Waals surface area contributed by atoms with Crippen molar-refractivity contribution in [3.8, 4) is 6.07 Å². The molecular weight excluding hydrogens is 206 g/mol. The van der Waals surface area contributed by atoms with Crippen LogP contribution in [0.4, 0.5) is 0 Å². The number of hydrogen-bond acceptors (Lipinski definition) is 1. The molecule has 4 aliphatic rings. The van der Waals surface area contributed by atoms with Gasteiger partial charge in [-0.1, -0.05) is 6.08 Å². The monoisotopic (exact) mass is 229 g/mol. The first kappa shape index (κ1) is 11.3. The number of nitrogens with zero attached hydrogens (tertiary/aromatic N) is 1. The van der Waals surface area contributed by atoms with Gasteiger partial charge in [0.2, 0.25) is 0 Å². The third-order valence-electron chi connectivity index (χ3n) is 5.67. The molecule has 92 valence electrons. The maximum Gasteiger partial charge on any atom is 0.0624 e. The molecule has 4 bridgehead atoms. The summed E-state index contributed by atoms with van der Waals surface area (Å²) in [6, 6.07) is 2.41. The zero-order valence-corrected chi connectivity index (χ0v) is 10.6. The smallest absolute Gasteiger partial charge is 0.0624 e. The highest BCUT2D eigenvalue weighted by atomic mass is 14.5. The van der Waals surface area contributed by atoms with Crippen LogP contribution in [0.3, 0.4) is 0 Å². The van der Waals surface area contributed by atoms with Gasteiger partial charge >= 0.3 is 0 Å². The Bertz CT molecular complexity index is 310. The minimum atomic E-state index is 0.604. The predicted octanol–water partition coefficient (Wildman–Crippen LogP) is 4.16. The molecule has 0 amide bonds. The van der Waals surface area contributed by atoms with Crippen molar-refractivity contribution in [2.24, 2.45) is 35.5 Å². The van der Waals surface area contributed by atoms with Crippen LogP contribution in [0.25, 0.3) is 0 Å². The topological polar surface area (TPSA) is 23.8 Å². The van der Waals surface area contributed by atoms with Crippen molar-refractivity contribution in [2.45, 2.75) is 44.9 Å². The Balaban J connectivity index is 1.78. The summed E-state index contributed by atoms with van der Waals surface area (Å²) in [6.45, 7) is 3.89. The van der Waals surface area contributed by atoms with Gasteiger partial charge in [-0.15, -0.1) is 6.58 Å². The number of hydrogen-bond donors (Lipinski definition) is 0. The lowest BCUT2D eigenvalue weighted by Gasteiger charge is -2.56. The summed E-state index contributed by atoms with van der Waals surface area (Å²) in [5.74, 6) is 5.43. The Hall–Kier alpha value is -0.770. The van der Waals surface area contributed by atoms with Crippen LogP contribution < -0.4 is 0 Å². The molecule has 0 aromatic carbocycles. The van der Waals surface area contributed by atoms with Gasteiger partial charge in [0.25, 0.3) is 0 Å². The van der Waals surface area contributed by atoms with Gasteiger partial charge in [0.1, 0.15) is 0 Å². The average molecular weight is 229 g/mol. The molecule has 17 heavy (non-hydrogen) atoms. The van der Waals surface area contributed by atoms with Crippen LogP contribution in [-0.4, -0.2) is 0 Å². The molecule has 0 spiro atoms. The lowest BCUT2D eigenvalue weighted by atomic mass is 9.49. The Labute approximate surface area is 105 Å². The highest BCUT2D eigenvalue weighted by Gasteiger charge is 2.49. The van der Waals surface area contributed by atoms with E-state index in [9.17, 15) is 0 Å². The lowest BCUT2D eigenvalue weighted by molar-refractivity contribution is -0.0603.